The van der Waals surface area contributed by atoms with Crippen molar-refractivity contribution >= 4 is 17.8 Å². The number of amides is 1. The van der Waals surface area contributed by atoms with E-state index in [9.17, 15) is 14.4 Å². The van der Waals surface area contributed by atoms with E-state index < -0.39 is 23.9 Å². The number of Topliss-reactive ketones (excluding diaryl/α,β-unsaturated/α-hetero) is 1. The summed E-state index contributed by atoms with van der Waals surface area (Å²) in [5.74, 6) is -2.26. The van der Waals surface area contributed by atoms with Crippen LogP contribution in [0.2, 0.25) is 0 Å². The number of fused-ring (bicyclic) bond motifs is 1. The van der Waals surface area contributed by atoms with Crippen LogP contribution in [0.5, 0.6) is 0 Å². The second-order valence-electron chi connectivity index (χ2n) is 3.33. The summed E-state index contributed by atoms with van der Waals surface area (Å²) in [5.41, 5.74) is 0.509. The average molecular weight is 225 g/mol. The van der Waals surface area contributed by atoms with Crippen LogP contribution in [0.1, 0.15) is 15.9 Å². The normalized spacial score (nSPS) is 19.4. The first-order chi connectivity index (χ1) is 7.52. The summed E-state index contributed by atoms with van der Waals surface area (Å²) in [7, 11) is 0. The molecule has 1 atom stereocenters. The summed E-state index contributed by atoms with van der Waals surface area (Å²) in [6, 6.07) is -1.69. The number of hydrogen-bond acceptors (Lipinski definition) is 4. The zero-order valence-corrected chi connectivity index (χ0v) is 7.91. The fourth-order valence-electron chi connectivity index (χ4n) is 1.65. The van der Waals surface area contributed by atoms with E-state index in [2.05, 4.69) is 0 Å². The zero-order valence-electron chi connectivity index (χ0n) is 7.91. The van der Waals surface area contributed by atoms with Gasteiger partial charge in [-0.05, 0) is 0 Å². The number of carbonyl (C=O) groups is 3. The molecule has 7 heteroatoms. The zero-order chi connectivity index (χ0) is 11.9. The van der Waals surface area contributed by atoms with E-state index in [0.29, 0.717) is 10.5 Å². The van der Waals surface area contributed by atoms with Crippen LogP contribution in [0.3, 0.4) is 0 Å². The Morgan fingerprint density at radius 2 is 2.06 bits per heavy atom. The largest absolute Gasteiger partial charge is 0.479 e. The first-order valence-corrected chi connectivity index (χ1v) is 4.34. The molecular formula is C9H7NO6. The van der Waals surface area contributed by atoms with Crippen LogP contribution in [0.15, 0.2) is 16.9 Å². The number of rotatable bonds is 1. The molecule has 1 aromatic rings. The van der Waals surface area contributed by atoms with E-state index in [1.807, 2.05) is 0 Å². The van der Waals surface area contributed by atoms with Gasteiger partial charge in [0.05, 0.1) is 18.4 Å². The van der Waals surface area contributed by atoms with Crippen LogP contribution >= 0.6 is 0 Å². The molecule has 1 amide bonds. The molecule has 0 spiro atoms. The van der Waals surface area contributed by atoms with Gasteiger partial charge >= 0.3 is 12.1 Å². The van der Waals surface area contributed by atoms with Crippen molar-refractivity contribution in [3.63, 3.8) is 0 Å². The predicted molar refractivity (Wildman–Crippen MR) is 48.0 cm³/mol. The standard InChI is InChI=1S/C9H7NO6/c11-7-5-3-16-2-4(5)1-10(9(14)15)6(7)8(12)13/h2-3,6H,1H2,(H,12,13)(H,14,15). The Morgan fingerprint density at radius 3 is 2.62 bits per heavy atom. The first-order valence-electron chi connectivity index (χ1n) is 4.34. The average Bonchev–Trinajstić information content (AvgIpc) is 2.64. The Labute approximate surface area is 88.9 Å². The number of nitrogens with zero attached hydrogens (tertiary/aromatic N) is 1. The number of carboxylic acids is 1. The molecule has 1 aliphatic heterocycles. The number of aliphatic carboxylic acids is 1. The quantitative estimate of drug-likeness (QED) is 0.670. The summed E-state index contributed by atoms with van der Waals surface area (Å²) in [6.45, 7) is -0.163. The van der Waals surface area contributed by atoms with Gasteiger partial charge in [-0.25, -0.2) is 9.59 Å². The van der Waals surface area contributed by atoms with Gasteiger partial charge in [0, 0.05) is 5.56 Å². The third-order valence-corrected chi connectivity index (χ3v) is 2.39. The van der Waals surface area contributed by atoms with Crippen molar-refractivity contribution in [1.82, 2.24) is 4.90 Å². The van der Waals surface area contributed by atoms with Crippen LogP contribution in [-0.4, -0.2) is 39.0 Å². The second-order valence-corrected chi connectivity index (χ2v) is 3.33. The molecule has 0 aromatic carbocycles. The van der Waals surface area contributed by atoms with Crippen LogP contribution in [0, 0.1) is 0 Å². The lowest BCUT2D eigenvalue weighted by molar-refractivity contribution is -0.141. The molecular weight excluding hydrogens is 218 g/mol. The van der Waals surface area contributed by atoms with Crippen LogP contribution < -0.4 is 0 Å². The number of carbonyl (C=O) groups excluding carboxylic acids is 1. The molecule has 0 bridgehead atoms. The molecule has 0 fully saturated rings. The predicted octanol–water partition coefficient (Wildman–Crippen LogP) is 0.409. The van der Waals surface area contributed by atoms with Gasteiger partial charge < -0.3 is 14.6 Å². The molecule has 16 heavy (non-hydrogen) atoms. The molecule has 84 valence electrons. The van der Waals surface area contributed by atoms with Crippen molar-refractivity contribution in [3.8, 4) is 0 Å². The van der Waals surface area contributed by atoms with Crippen molar-refractivity contribution < 1.29 is 29.0 Å². The minimum absolute atomic E-state index is 0.130. The molecule has 0 saturated heterocycles. The maximum absolute atomic E-state index is 11.7. The van der Waals surface area contributed by atoms with Gasteiger partial charge in [0.2, 0.25) is 5.78 Å². The second kappa shape index (κ2) is 3.37. The summed E-state index contributed by atoms with van der Waals surface area (Å²) >= 11 is 0. The van der Waals surface area contributed by atoms with Crippen LogP contribution in [-0.2, 0) is 11.3 Å². The van der Waals surface area contributed by atoms with Gasteiger partial charge in [-0.1, -0.05) is 0 Å². The van der Waals surface area contributed by atoms with Crippen molar-refractivity contribution in [2.24, 2.45) is 0 Å². The Morgan fingerprint density at radius 1 is 1.38 bits per heavy atom. The van der Waals surface area contributed by atoms with E-state index in [1.54, 1.807) is 0 Å². The molecule has 0 aliphatic carbocycles. The Kier molecular flexibility index (Phi) is 2.15. The monoisotopic (exact) mass is 225 g/mol. The van der Waals surface area contributed by atoms with Gasteiger partial charge in [0.15, 0.2) is 6.04 Å². The minimum Gasteiger partial charge on any atom is -0.479 e. The maximum Gasteiger partial charge on any atom is 0.408 e. The Bertz CT molecular complexity index is 476. The van der Waals surface area contributed by atoms with Gasteiger partial charge in [-0.3, -0.25) is 9.69 Å². The van der Waals surface area contributed by atoms with Crippen LogP contribution in [0.4, 0.5) is 4.79 Å². The fourth-order valence-corrected chi connectivity index (χ4v) is 1.65. The lowest BCUT2D eigenvalue weighted by Crippen LogP contribution is -2.51. The van der Waals surface area contributed by atoms with Crippen LogP contribution in [0.25, 0.3) is 0 Å². The number of ketones is 1. The molecule has 1 aromatic heterocycles. The molecule has 0 saturated carbocycles. The molecule has 0 radical (unpaired) electrons. The topological polar surface area (TPSA) is 108 Å². The van der Waals surface area contributed by atoms with Gasteiger partial charge in [-0.2, -0.15) is 0 Å². The van der Waals surface area contributed by atoms with Crippen molar-refractivity contribution in [2.75, 3.05) is 0 Å². The number of hydrogen-bond donors (Lipinski definition) is 2. The molecule has 2 heterocycles. The molecule has 1 unspecified atom stereocenters. The highest BCUT2D eigenvalue weighted by molar-refractivity contribution is 6.14. The van der Waals surface area contributed by atoms with Gasteiger partial charge in [0.25, 0.3) is 0 Å². The summed E-state index contributed by atoms with van der Waals surface area (Å²) in [6.07, 6.45) is 0.918. The summed E-state index contributed by atoms with van der Waals surface area (Å²) < 4.78 is 4.76. The van der Waals surface area contributed by atoms with Gasteiger partial charge in [0.1, 0.15) is 6.26 Å². The highest BCUT2D eigenvalue weighted by atomic mass is 16.4. The molecule has 2 rings (SSSR count). The highest BCUT2D eigenvalue weighted by Crippen LogP contribution is 2.24. The van der Waals surface area contributed by atoms with E-state index in [4.69, 9.17) is 14.6 Å². The van der Waals surface area contributed by atoms with Crippen molar-refractivity contribution in [1.29, 1.82) is 0 Å². The van der Waals surface area contributed by atoms with Gasteiger partial charge in [-0.15, -0.1) is 0 Å². The Hall–Kier alpha value is -2.31. The highest BCUT2D eigenvalue weighted by Gasteiger charge is 2.42. The molecule has 1 aliphatic rings. The molecule has 7 nitrogen and oxygen atoms in total. The maximum atomic E-state index is 11.7. The SMILES string of the molecule is O=C(O)C1C(=O)c2cocc2CN1C(=O)O. The third kappa shape index (κ3) is 1.33. The lowest BCUT2D eigenvalue weighted by Gasteiger charge is -2.28. The lowest BCUT2D eigenvalue weighted by atomic mass is 9.97. The fraction of sp³-hybridized carbons (Fsp3) is 0.222. The van der Waals surface area contributed by atoms with E-state index in [1.165, 1.54) is 6.26 Å². The summed E-state index contributed by atoms with van der Waals surface area (Å²) in [5, 5.41) is 17.7. The number of carboxylic acid groups (broad SMARTS) is 2. The number of furan rings is 1. The van der Waals surface area contributed by atoms with E-state index in [-0.39, 0.29) is 12.1 Å². The smallest absolute Gasteiger partial charge is 0.408 e. The minimum atomic E-state index is -1.69. The van der Waals surface area contributed by atoms with E-state index in [0.717, 1.165) is 6.26 Å². The van der Waals surface area contributed by atoms with Crippen molar-refractivity contribution in [2.45, 2.75) is 12.6 Å². The van der Waals surface area contributed by atoms with Crippen molar-refractivity contribution in [3.05, 3.63) is 23.7 Å². The molecule has 2 N–H and O–H groups in total. The first kappa shape index (κ1) is 10.2. The Balaban J connectivity index is 2.48. The van der Waals surface area contributed by atoms with E-state index >= 15 is 0 Å². The third-order valence-electron chi connectivity index (χ3n) is 2.39. The summed E-state index contributed by atoms with van der Waals surface area (Å²) in [4.78, 5) is 33.9.